The van der Waals surface area contributed by atoms with Crippen molar-refractivity contribution in [2.45, 2.75) is 38.7 Å². The number of rotatable bonds is 5. The average Bonchev–Trinajstić information content (AvgIpc) is 2.54. The maximum atomic E-state index is 12.4. The van der Waals surface area contributed by atoms with Crippen LogP contribution in [0.2, 0.25) is 0 Å². The van der Waals surface area contributed by atoms with E-state index in [1.165, 1.54) is 12.4 Å². The fraction of sp³-hybridized carbons (Fsp3) is 0.333. The average molecular weight is 340 g/mol. The van der Waals surface area contributed by atoms with Crippen LogP contribution in [0, 0.1) is 0 Å². The largest absolute Gasteiger partial charge is 0.474 e. The van der Waals surface area contributed by atoms with E-state index in [9.17, 15) is 9.59 Å². The summed E-state index contributed by atoms with van der Waals surface area (Å²) in [5, 5.41) is 5.55. The molecule has 130 valence electrons. The van der Waals surface area contributed by atoms with Gasteiger partial charge in [0, 0.05) is 24.4 Å². The third-order valence-corrected chi connectivity index (χ3v) is 3.77. The molecule has 0 saturated carbocycles. The highest BCUT2D eigenvalue weighted by molar-refractivity contribution is 5.96. The van der Waals surface area contributed by atoms with E-state index in [1.807, 2.05) is 38.1 Å². The normalized spacial score (nSPS) is 16.1. The molecule has 0 bridgehead atoms. The van der Waals surface area contributed by atoms with Gasteiger partial charge in [0.1, 0.15) is 0 Å². The number of benzene rings is 1. The summed E-state index contributed by atoms with van der Waals surface area (Å²) in [5.41, 5.74) is 1.74. The fourth-order valence-electron chi connectivity index (χ4n) is 2.81. The number of hydrogen-bond acceptors (Lipinski definition) is 5. The molecule has 1 aromatic carbocycles. The van der Waals surface area contributed by atoms with Crippen LogP contribution in [-0.2, 0) is 9.59 Å². The van der Waals surface area contributed by atoms with Gasteiger partial charge in [0.05, 0.1) is 18.5 Å². The molecule has 0 radical (unpaired) electrons. The van der Waals surface area contributed by atoms with Gasteiger partial charge in [-0.05, 0) is 25.5 Å². The molecule has 25 heavy (non-hydrogen) atoms. The van der Waals surface area contributed by atoms with E-state index in [-0.39, 0.29) is 36.7 Å². The van der Waals surface area contributed by atoms with Gasteiger partial charge < -0.3 is 15.4 Å². The number of ether oxygens (including phenoxy) is 1. The molecule has 1 aliphatic rings. The Labute approximate surface area is 145 Å². The van der Waals surface area contributed by atoms with Crippen LogP contribution in [0.5, 0.6) is 5.88 Å². The van der Waals surface area contributed by atoms with E-state index in [1.54, 1.807) is 0 Å². The smallest absolute Gasteiger partial charge is 0.234 e. The molecule has 1 unspecified atom stereocenters. The second-order valence-corrected chi connectivity index (χ2v) is 6.20. The van der Waals surface area contributed by atoms with Crippen molar-refractivity contribution in [2.24, 2.45) is 0 Å². The number of amides is 2. The van der Waals surface area contributed by atoms with E-state index in [0.29, 0.717) is 11.7 Å². The Morgan fingerprint density at radius 1 is 1.36 bits per heavy atom. The number of carbonyl (C=O) groups excluding carboxylic acids is 2. The first-order valence-electron chi connectivity index (χ1n) is 8.18. The van der Waals surface area contributed by atoms with Crippen molar-refractivity contribution in [1.82, 2.24) is 9.97 Å². The number of nitrogens with one attached hydrogen (secondary N) is 2. The molecule has 0 saturated heterocycles. The summed E-state index contributed by atoms with van der Waals surface area (Å²) in [5.74, 6) is 0.231. The van der Waals surface area contributed by atoms with Gasteiger partial charge in [0.15, 0.2) is 5.82 Å². The fourth-order valence-corrected chi connectivity index (χ4v) is 2.81. The van der Waals surface area contributed by atoms with Gasteiger partial charge in [0.25, 0.3) is 0 Å². The molecule has 7 nitrogen and oxygen atoms in total. The molecule has 2 amide bonds. The Hall–Kier alpha value is -2.96. The quantitative estimate of drug-likeness (QED) is 0.873. The molecule has 1 atom stereocenters. The molecule has 2 N–H and O–H groups in total. The molecule has 0 aliphatic carbocycles. The van der Waals surface area contributed by atoms with Crippen molar-refractivity contribution >= 4 is 23.3 Å². The predicted molar refractivity (Wildman–Crippen MR) is 93.5 cm³/mol. The summed E-state index contributed by atoms with van der Waals surface area (Å²) in [6.07, 6.45) is 3.41. The Bertz CT molecular complexity index is 791. The van der Waals surface area contributed by atoms with E-state index in [4.69, 9.17) is 4.74 Å². The monoisotopic (exact) mass is 340 g/mol. The van der Waals surface area contributed by atoms with Crippen LogP contribution in [0.25, 0.3) is 0 Å². The van der Waals surface area contributed by atoms with Crippen molar-refractivity contribution < 1.29 is 14.3 Å². The highest BCUT2D eigenvalue weighted by Crippen LogP contribution is 2.34. The minimum atomic E-state index is -0.217. The van der Waals surface area contributed by atoms with E-state index in [2.05, 4.69) is 20.6 Å². The zero-order chi connectivity index (χ0) is 17.8. The van der Waals surface area contributed by atoms with E-state index in [0.717, 1.165) is 11.3 Å². The van der Waals surface area contributed by atoms with Crippen molar-refractivity contribution in [1.29, 1.82) is 0 Å². The van der Waals surface area contributed by atoms with Gasteiger partial charge in [-0.1, -0.05) is 18.2 Å². The maximum Gasteiger partial charge on any atom is 0.234 e. The van der Waals surface area contributed by atoms with Crippen molar-refractivity contribution in [3.8, 4) is 5.88 Å². The summed E-state index contributed by atoms with van der Waals surface area (Å²) in [7, 11) is 0. The molecular formula is C18H20N4O3. The Morgan fingerprint density at radius 3 is 2.96 bits per heavy atom. The summed E-state index contributed by atoms with van der Waals surface area (Å²) >= 11 is 0. The predicted octanol–water partition coefficient (Wildman–Crippen LogP) is 2.72. The van der Waals surface area contributed by atoms with Gasteiger partial charge in [-0.3, -0.25) is 14.6 Å². The topological polar surface area (TPSA) is 93.2 Å². The first kappa shape index (κ1) is 16.9. The van der Waals surface area contributed by atoms with Gasteiger partial charge in [-0.2, -0.15) is 4.98 Å². The van der Waals surface area contributed by atoms with Crippen LogP contribution in [0.3, 0.4) is 0 Å². The minimum absolute atomic E-state index is 0.0301. The first-order chi connectivity index (χ1) is 12.0. The van der Waals surface area contributed by atoms with Gasteiger partial charge in [0.2, 0.25) is 17.7 Å². The lowest BCUT2D eigenvalue weighted by atomic mass is 9.88. The summed E-state index contributed by atoms with van der Waals surface area (Å²) in [6, 6.07) is 7.54. The maximum absolute atomic E-state index is 12.4. The lowest BCUT2D eigenvalue weighted by molar-refractivity contribution is -0.118. The Kier molecular flexibility index (Phi) is 4.92. The molecule has 1 aromatic heterocycles. The Morgan fingerprint density at radius 2 is 2.16 bits per heavy atom. The number of fused-ring (bicyclic) bond motifs is 1. The number of carbonyl (C=O) groups is 2. The Balaban J connectivity index is 1.68. The zero-order valence-corrected chi connectivity index (χ0v) is 14.2. The van der Waals surface area contributed by atoms with E-state index >= 15 is 0 Å². The van der Waals surface area contributed by atoms with Gasteiger partial charge in [-0.15, -0.1) is 0 Å². The summed E-state index contributed by atoms with van der Waals surface area (Å²) in [6.45, 7) is 3.77. The van der Waals surface area contributed by atoms with Crippen LogP contribution < -0.4 is 15.4 Å². The van der Waals surface area contributed by atoms with Crippen LogP contribution in [0.1, 0.15) is 38.2 Å². The van der Waals surface area contributed by atoms with Crippen molar-refractivity contribution in [3.05, 3.63) is 42.2 Å². The van der Waals surface area contributed by atoms with Crippen molar-refractivity contribution in [3.63, 3.8) is 0 Å². The number of nitrogens with zero attached hydrogens (tertiary/aromatic N) is 2. The molecular weight excluding hydrogens is 320 g/mol. The number of para-hydroxylation sites is 1. The van der Waals surface area contributed by atoms with Crippen LogP contribution in [0.15, 0.2) is 36.7 Å². The van der Waals surface area contributed by atoms with Crippen LogP contribution in [0.4, 0.5) is 11.5 Å². The standard InChI is InChI=1S/C18H20N4O3/c1-11(2)25-18-10-19-9-15(22-18)21-17(24)8-12-7-16(23)20-14-6-4-3-5-13(12)14/h3-6,9-12H,7-8H2,1-2H3,(H,20,23)(H,21,22,24). The number of anilines is 2. The molecule has 0 fully saturated rings. The highest BCUT2D eigenvalue weighted by atomic mass is 16.5. The van der Waals surface area contributed by atoms with Crippen LogP contribution >= 0.6 is 0 Å². The molecule has 1 aliphatic heterocycles. The number of hydrogen-bond donors (Lipinski definition) is 2. The molecule has 2 aromatic rings. The first-order valence-corrected chi connectivity index (χ1v) is 8.18. The zero-order valence-electron chi connectivity index (χ0n) is 14.2. The second kappa shape index (κ2) is 7.29. The molecule has 2 heterocycles. The molecule has 3 rings (SSSR count). The van der Waals surface area contributed by atoms with E-state index < -0.39 is 0 Å². The SMILES string of the molecule is CC(C)Oc1cncc(NC(=O)CC2CC(=O)Nc3ccccc32)n1. The van der Waals surface area contributed by atoms with Gasteiger partial charge in [-0.25, -0.2) is 0 Å². The van der Waals surface area contributed by atoms with Crippen molar-refractivity contribution in [2.75, 3.05) is 10.6 Å². The van der Waals surface area contributed by atoms with Gasteiger partial charge >= 0.3 is 0 Å². The third-order valence-electron chi connectivity index (χ3n) is 3.77. The minimum Gasteiger partial charge on any atom is -0.474 e. The molecule has 7 heteroatoms. The molecule has 0 spiro atoms. The lowest BCUT2D eigenvalue weighted by Crippen LogP contribution is -2.26. The lowest BCUT2D eigenvalue weighted by Gasteiger charge is -2.25. The second-order valence-electron chi connectivity index (χ2n) is 6.20. The summed E-state index contributed by atoms with van der Waals surface area (Å²) < 4.78 is 5.47. The number of aromatic nitrogens is 2. The highest BCUT2D eigenvalue weighted by Gasteiger charge is 2.26. The van der Waals surface area contributed by atoms with Crippen LogP contribution in [-0.4, -0.2) is 27.9 Å². The summed E-state index contributed by atoms with van der Waals surface area (Å²) in [4.78, 5) is 32.4. The third kappa shape index (κ3) is 4.32.